The number of hydrogen-bond acceptors (Lipinski definition) is 4. The first-order valence-electron chi connectivity index (χ1n) is 6.87. The van der Waals surface area contributed by atoms with Crippen molar-refractivity contribution in [2.75, 3.05) is 18.9 Å². The zero-order valence-corrected chi connectivity index (χ0v) is 14.5. The zero-order valence-electron chi connectivity index (χ0n) is 12.9. The second-order valence-electron chi connectivity index (χ2n) is 3.85. The van der Waals surface area contributed by atoms with Crippen LogP contribution >= 0.6 is 15.9 Å². The van der Waals surface area contributed by atoms with Gasteiger partial charge in [-0.3, -0.25) is 15.1 Å². The summed E-state index contributed by atoms with van der Waals surface area (Å²) >= 11 is 3.23. The Kier molecular flexibility index (Phi) is 10.1. The van der Waals surface area contributed by atoms with Gasteiger partial charge in [-0.2, -0.15) is 0 Å². The Labute approximate surface area is 134 Å². The molecule has 0 spiro atoms. The van der Waals surface area contributed by atoms with Crippen LogP contribution in [0.1, 0.15) is 27.2 Å². The van der Waals surface area contributed by atoms with E-state index in [-0.39, 0.29) is 5.69 Å². The summed E-state index contributed by atoms with van der Waals surface area (Å²) in [4.78, 5) is 14.5. The molecule has 0 heterocycles. The number of hydrogen-bond donors (Lipinski definition) is 1. The third kappa shape index (κ3) is 7.04. The SMILES string of the molecule is CC.CC/C=C(\C=NC)CNc1ccc(Br)cc1[N+](=O)[O-]. The average molecular weight is 356 g/mol. The predicted molar refractivity (Wildman–Crippen MR) is 93.4 cm³/mol. The number of nitro groups is 1. The molecule has 116 valence electrons. The first-order chi connectivity index (χ1) is 10.1. The van der Waals surface area contributed by atoms with Crippen LogP contribution in [0.15, 0.2) is 39.3 Å². The molecule has 1 aromatic carbocycles. The molecule has 0 aliphatic heterocycles. The van der Waals surface area contributed by atoms with E-state index >= 15 is 0 Å². The van der Waals surface area contributed by atoms with Gasteiger partial charge in [0, 0.05) is 30.3 Å². The molecule has 0 aliphatic carbocycles. The Morgan fingerprint density at radius 2 is 2.14 bits per heavy atom. The quantitative estimate of drug-likeness (QED) is 0.451. The van der Waals surface area contributed by atoms with Crippen molar-refractivity contribution in [2.24, 2.45) is 4.99 Å². The summed E-state index contributed by atoms with van der Waals surface area (Å²) in [5.41, 5.74) is 1.56. The van der Waals surface area contributed by atoms with Crippen LogP contribution in [-0.2, 0) is 0 Å². The maximum atomic E-state index is 11.0. The molecule has 0 aromatic heterocycles. The fourth-order valence-corrected chi connectivity index (χ4v) is 1.95. The van der Waals surface area contributed by atoms with E-state index < -0.39 is 4.92 Å². The second-order valence-corrected chi connectivity index (χ2v) is 4.76. The minimum absolute atomic E-state index is 0.0543. The monoisotopic (exact) mass is 355 g/mol. The maximum absolute atomic E-state index is 11.0. The molecule has 0 saturated carbocycles. The van der Waals surface area contributed by atoms with E-state index in [1.807, 2.05) is 26.8 Å². The Morgan fingerprint density at radius 1 is 1.48 bits per heavy atom. The third-order valence-electron chi connectivity index (χ3n) is 2.40. The molecule has 0 fully saturated rings. The van der Waals surface area contributed by atoms with Crippen LogP contribution in [-0.4, -0.2) is 24.7 Å². The Balaban J connectivity index is 0.00000191. The highest BCUT2D eigenvalue weighted by atomic mass is 79.9. The van der Waals surface area contributed by atoms with Crippen LogP contribution < -0.4 is 5.32 Å². The van der Waals surface area contributed by atoms with Gasteiger partial charge in [-0.05, 0) is 24.1 Å². The number of nitro benzene ring substituents is 1. The molecule has 0 amide bonds. The van der Waals surface area contributed by atoms with Gasteiger partial charge in [-0.15, -0.1) is 0 Å². The largest absolute Gasteiger partial charge is 0.375 e. The lowest BCUT2D eigenvalue weighted by molar-refractivity contribution is -0.384. The van der Waals surface area contributed by atoms with Crippen molar-refractivity contribution in [1.29, 1.82) is 0 Å². The first-order valence-corrected chi connectivity index (χ1v) is 7.66. The Hall–Kier alpha value is -1.69. The zero-order chi connectivity index (χ0) is 16.3. The van der Waals surface area contributed by atoms with Crippen molar-refractivity contribution in [3.05, 3.63) is 44.4 Å². The summed E-state index contributed by atoms with van der Waals surface area (Å²) in [6.07, 6.45) is 4.68. The highest BCUT2D eigenvalue weighted by molar-refractivity contribution is 9.10. The number of allylic oxidation sites excluding steroid dienone is 1. The summed E-state index contributed by atoms with van der Waals surface area (Å²) in [6.45, 7) is 6.54. The molecule has 0 unspecified atom stereocenters. The van der Waals surface area contributed by atoms with Gasteiger partial charge >= 0.3 is 0 Å². The Morgan fingerprint density at radius 3 is 2.67 bits per heavy atom. The van der Waals surface area contributed by atoms with Gasteiger partial charge in [-0.1, -0.05) is 42.8 Å². The number of nitrogens with zero attached hydrogens (tertiary/aromatic N) is 2. The van der Waals surface area contributed by atoms with Crippen LogP contribution in [0.5, 0.6) is 0 Å². The van der Waals surface area contributed by atoms with E-state index in [1.165, 1.54) is 6.07 Å². The molecule has 0 aliphatic rings. The van der Waals surface area contributed by atoms with Gasteiger partial charge in [0.15, 0.2) is 0 Å². The summed E-state index contributed by atoms with van der Waals surface area (Å²) in [5.74, 6) is 0. The van der Waals surface area contributed by atoms with Crippen LogP contribution in [0.2, 0.25) is 0 Å². The smallest absolute Gasteiger partial charge is 0.293 e. The van der Waals surface area contributed by atoms with Crippen LogP contribution in [0.4, 0.5) is 11.4 Å². The van der Waals surface area contributed by atoms with E-state index in [1.54, 1.807) is 25.4 Å². The summed E-state index contributed by atoms with van der Waals surface area (Å²) < 4.78 is 0.684. The lowest BCUT2D eigenvalue weighted by Gasteiger charge is -2.08. The molecular weight excluding hydrogens is 334 g/mol. The normalized spacial score (nSPS) is 11.0. The van der Waals surface area contributed by atoms with Crippen molar-refractivity contribution in [3.8, 4) is 0 Å². The molecule has 5 nitrogen and oxygen atoms in total. The minimum Gasteiger partial charge on any atom is -0.375 e. The van der Waals surface area contributed by atoms with Crippen molar-refractivity contribution in [2.45, 2.75) is 27.2 Å². The highest BCUT2D eigenvalue weighted by Gasteiger charge is 2.13. The lowest BCUT2D eigenvalue weighted by Crippen LogP contribution is -2.07. The minimum atomic E-state index is -0.399. The van der Waals surface area contributed by atoms with Gasteiger partial charge in [0.1, 0.15) is 5.69 Å². The van der Waals surface area contributed by atoms with E-state index in [0.29, 0.717) is 16.7 Å². The Bertz CT molecular complexity index is 514. The molecular formula is C15H22BrN3O2. The molecule has 0 saturated heterocycles. The fraction of sp³-hybridized carbons (Fsp3) is 0.400. The highest BCUT2D eigenvalue weighted by Crippen LogP contribution is 2.27. The lowest BCUT2D eigenvalue weighted by atomic mass is 10.2. The number of anilines is 1. The molecule has 0 radical (unpaired) electrons. The summed E-state index contributed by atoms with van der Waals surface area (Å²) in [6, 6.07) is 4.95. The van der Waals surface area contributed by atoms with E-state index in [4.69, 9.17) is 0 Å². The van der Waals surface area contributed by atoms with Gasteiger partial charge in [-0.25, -0.2) is 0 Å². The van der Waals surface area contributed by atoms with Crippen LogP contribution in [0.25, 0.3) is 0 Å². The summed E-state index contributed by atoms with van der Waals surface area (Å²) in [5, 5.41) is 14.0. The van der Waals surface area contributed by atoms with Crippen LogP contribution in [0, 0.1) is 10.1 Å². The van der Waals surface area contributed by atoms with E-state index in [0.717, 1.165) is 12.0 Å². The van der Waals surface area contributed by atoms with Crippen molar-refractivity contribution >= 4 is 33.5 Å². The summed E-state index contributed by atoms with van der Waals surface area (Å²) in [7, 11) is 1.70. The second kappa shape index (κ2) is 11.0. The average Bonchev–Trinajstić information content (AvgIpc) is 2.48. The molecule has 1 rings (SSSR count). The fourth-order valence-electron chi connectivity index (χ4n) is 1.60. The standard InChI is InChI=1S/C13H16BrN3O2.C2H6/c1-3-4-10(8-15-2)9-16-12-6-5-11(14)7-13(12)17(18)19;1-2/h4-8,16H,3,9H2,1-2H3;1-2H3/b10-4+,15-8?;. The molecule has 0 atom stereocenters. The number of halogens is 1. The number of nitrogens with one attached hydrogen (secondary N) is 1. The van der Waals surface area contributed by atoms with E-state index in [2.05, 4.69) is 26.2 Å². The van der Waals surface area contributed by atoms with Crippen molar-refractivity contribution in [3.63, 3.8) is 0 Å². The molecule has 0 bridgehead atoms. The van der Waals surface area contributed by atoms with Crippen molar-refractivity contribution in [1.82, 2.24) is 0 Å². The third-order valence-corrected chi connectivity index (χ3v) is 2.89. The van der Waals surface area contributed by atoms with Gasteiger partial charge in [0.05, 0.1) is 4.92 Å². The number of rotatable bonds is 6. The van der Waals surface area contributed by atoms with Gasteiger partial charge in [0.2, 0.25) is 0 Å². The van der Waals surface area contributed by atoms with Gasteiger partial charge in [0.25, 0.3) is 5.69 Å². The molecule has 1 N–H and O–H groups in total. The molecule has 1 aromatic rings. The predicted octanol–water partition coefficient (Wildman–Crippen LogP) is 4.83. The van der Waals surface area contributed by atoms with E-state index in [9.17, 15) is 10.1 Å². The topological polar surface area (TPSA) is 67.5 Å². The molecule has 21 heavy (non-hydrogen) atoms. The maximum Gasteiger partial charge on any atom is 0.293 e. The van der Waals surface area contributed by atoms with Gasteiger partial charge < -0.3 is 5.32 Å². The first kappa shape index (κ1) is 19.3. The van der Waals surface area contributed by atoms with Crippen LogP contribution in [0.3, 0.4) is 0 Å². The number of benzene rings is 1. The molecule has 6 heteroatoms. The number of aliphatic imine (C=N–C) groups is 1. The van der Waals surface area contributed by atoms with Crippen molar-refractivity contribution < 1.29 is 4.92 Å².